The van der Waals surface area contributed by atoms with E-state index >= 15 is 0 Å². The second-order valence-electron chi connectivity index (χ2n) is 8.18. The number of amides is 1. The Morgan fingerprint density at radius 3 is 2.62 bits per heavy atom. The Morgan fingerprint density at radius 1 is 1.14 bits per heavy atom. The standard InChI is InChI=1S/C22H21Cl2N7O4S2/c23-14-7-15(24)9-17(8-14)29-3-5-30(6-4-29)21(32)12-31-11-16(26-28-31)13-35-18-1-2-19-20(10-18)36-22(25-19)27-37(33)34/h1-2,7-11H,3-6,12-13H2,(H,25,27)(H,33,34)/p-1. The van der Waals surface area contributed by atoms with E-state index in [-0.39, 0.29) is 24.2 Å². The van der Waals surface area contributed by atoms with Crippen LogP contribution in [-0.2, 0) is 29.2 Å². The summed E-state index contributed by atoms with van der Waals surface area (Å²) in [6, 6.07) is 10.7. The number of aromatic nitrogens is 4. The molecule has 1 aliphatic heterocycles. The van der Waals surface area contributed by atoms with E-state index in [1.807, 2.05) is 12.1 Å². The number of hydrogen-bond acceptors (Lipinski definition) is 9. The summed E-state index contributed by atoms with van der Waals surface area (Å²) in [6.45, 7) is 2.75. The second-order valence-corrected chi connectivity index (χ2v) is 10.8. The predicted molar refractivity (Wildman–Crippen MR) is 142 cm³/mol. The quantitative estimate of drug-likeness (QED) is 0.314. The molecule has 1 aliphatic rings. The van der Waals surface area contributed by atoms with Gasteiger partial charge in [-0.15, -0.1) is 5.10 Å². The van der Waals surface area contributed by atoms with Crippen molar-refractivity contribution >= 4 is 72.7 Å². The molecule has 11 nitrogen and oxygen atoms in total. The molecule has 0 radical (unpaired) electrons. The van der Waals surface area contributed by atoms with Gasteiger partial charge in [-0.25, -0.2) is 9.67 Å². The average Bonchev–Trinajstić information content (AvgIpc) is 3.47. The molecule has 3 heterocycles. The summed E-state index contributed by atoms with van der Waals surface area (Å²) in [7, 11) is 0. The van der Waals surface area contributed by atoms with E-state index < -0.39 is 11.3 Å². The molecule has 1 amide bonds. The van der Waals surface area contributed by atoms with Crippen LogP contribution in [0.1, 0.15) is 5.69 Å². The number of rotatable bonds is 8. The summed E-state index contributed by atoms with van der Waals surface area (Å²) in [5.74, 6) is 0.538. The van der Waals surface area contributed by atoms with Crippen molar-refractivity contribution in [1.82, 2.24) is 24.9 Å². The second kappa shape index (κ2) is 11.2. The van der Waals surface area contributed by atoms with Crippen molar-refractivity contribution in [2.45, 2.75) is 13.2 Å². The van der Waals surface area contributed by atoms with Crippen LogP contribution in [0.2, 0.25) is 10.0 Å². The Kier molecular flexibility index (Phi) is 7.76. The number of thiazole rings is 1. The van der Waals surface area contributed by atoms with Gasteiger partial charge in [0.1, 0.15) is 24.6 Å². The highest BCUT2D eigenvalue weighted by atomic mass is 35.5. The van der Waals surface area contributed by atoms with Gasteiger partial charge in [0.25, 0.3) is 0 Å². The largest absolute Gasteiger partial charge is 0.755 e. The van der Waals surface area contributed by atoms with Gasteiger partial charge in [0.15, 0.2) is 5.13 Å². The van der Waals surface area contributed by atoms with E-state index in [2.05, 4.69) is 24.9 Å². The molecule has 194 valence electrons. The summed E-state index contributed by atoms with van der Waals surface area (Å²) < 4.78 is 31.9. The van der Waals surface area contributed by atoms with Crippen LogP contribution in [0.3, 0.4) is 0 Å². The monoisotopic (exact) mass is 580 g/mol. The normalized spacial score (nSPS) is 14.7. The number of nitrogens with zero attached hydrogens (tertiary/aromatic N) is 6. The lowest BCUT2D eigenvalue weighted by molar-refractivity contribution is -0.132. The topological polar surface area (TPSA) is 129 Å². The third-order valence-electron chi connectivity index (χ3n) is 5.65. The van der Waals surface area contributed by atoms with Crippen molar-refractivity contribution < 1.29 is 18.3 Å². The lowest BCUT2D eigenvalue weighted by atomic mass is 10.2. The third kappa shape index (κ3) is 6.48. The molecule has 5 rings (SSSR count). The van der Waals surface area contributed by atoms with E-state index in [1.54, 1.807) is 35.4 Å². The molecule has 0 bridgehead atoms. The fourth-order valence-electron chi connectivity index (χ4n) is 3.92. The number of nitrogens with one attached hydrogen (secondary N) is 1. The fraction of sp³-hybridized carbons (Fsp3) is 0.273. The third-order valence-corrected chi connectivity index (χ3v) is 7.50. The maximum atomic E-state index is 12.8. The first-order chi connectivity index (χ1) is 17.8. The van der Waals surface area contributed by atoms with E-state index in [4.69, 9.17) is 27.9 Å². The maximum Gasteiger partial charge on any atom is 0.244 e. The highest BCUT2D eigenvalue weighted by molar-refractivity contribution is 7.80. The molecule has 4 aromatic rings. The number of ether oxygens (including phenoxy) is 1. The van der Waals surface area contributed by atoms with Gasteiger partial charge in [0.2, 0.25) is 5.91 Å². The summed E-state index contributed by atoms with van der Waals surface area (Å²) >= 11 is 11.0. The molecular formula is C22H20Cl2N7O4S2-. The Hall–Kier alpha value is -2.97. The van der Waals surface area contributed by atoms with E-state index in [1.165, 1.54) is 16.0 Å². The molecule has 1 saturated heterocycles. The first-order valence-electron chi connectivity index (χ1n) is 11.1. The molecule has 1 unspecified atom stereocenters. The summed E-state index contributed by atoms with van der Waals surface area (Å²) in [5.41, 5.74) is 2.17. The van der Waals surface area contributed by atoms with Crippen molar-refractivity contribution in [3.63, 3.8) is 0 Å². The number of anilines is 2. The minimum atomic E-state index is -2.43. The van der Waals surface area contributed by atoms with Crippen molar-refractivity contribution in [2.75, 3.05) is 35.8 Å². The zero-order valence-electron chi connectivity index (χ0n) is 19.2. The molecule has 0 aliphatic carbocycles. The van der Waals surface area contributed by atoms with Crippen LogP contribution < -0.4 is 14.4 Å². The Morgan fingerprint density at radius 2 is 1.89 bits per heavy atom. The minimum Gasteiger partial charge on any atom is -0.755 e. The maximum absolute atomic E-state index is 12.8. The van der Waals surface area contributed by atoms with Gasteiger partial charge in [-0.05, 0) is 36.4 Å². The van der Waals surface area contributed by atoms with Gasteiger partial charge in [0.05, 0.1) is 16.4 Å². The van der Waals surface area contributed by atoms with Crippen LogP contribution in [0, 0.1) is 0 Å². The fourth-order valence-corrected chi connectivity index (χ4v) is 5.74. The average molecular weight is 581 g/mol. The van der Waals surface area contributed by atoms with Crippen LogP contribution >= 0.6 is 34.5 Å². The van der Waals surface area contributed by atoms with Crippen LogP contribution in [0.15, 0.2) is 42.6 Å². The van der Waals surface area contributed by atoms with Crippen LogP contribution in [0.4, 0.5) is 10.8 Å². The summed E-state index contributed by atoms with van der Waals surface area (Å²) in [6.07, 6.45) is 1.68. The summed E-state index contributed by atoms with van der Waals surface area (Å²) in [5, 5.41) is 9.59. The molecule has 0 spiro atoms. The molecule has 0 saturated carbocycles. The van der Waals surface area contributed by atoms with Crippen molar-refractivity contribution in [2.24, 2.45) is 0 Å². The highest BCUT2D eigenvalue weighted by Gasteiger charge is 2.22. The Labute approximate surface area is 228 Å². The van der Waals surface area contributed by atoms with Crippen LogP contribution in [-0.4, -0.2) is 65.7 Å². The number of carbonyl (C=O) groups excluding carboxylic acids is 1. The number of benzene rings is 2. The van der Waals surface area contributed by atoms with Crippen molar-refractivity contribution in [1.29, 1.82) is 0 Å². The highest BCUT2D eigenvalue weighted by Crippen LogP contribution is 2.30. The van der Waals surface area contributed by atoms with Gasteiger partial charge < -0.3 is 19.1 Å². The number of halogens is 2. The molecule has 1 atom stereocenters. The van der Waals surface area contributed by atoms with Crippen LogP contribution in [0.5, 0.6) is 5.75 Å². The molecule has 2 aromatic carbocycles. The van der Waals surface area contributed by atoms with Gasteiger partial charge in [-0.2, -0.15) is 0 Å². The summed E-state index contributed by atoms with van der Waals surface area (Å²) in [4.78, 5) is 20.9. The number of fused-ring (bicyclic) bond motifs is 1. The van der Waals surface area contributed by atoms with E-state index in [0.717, 1.165) is 10.4 Å². The Bertz CT molecular complexity index is 1440. The van der Waals surface area contributed by atoms with Gasteiger partial charge in [0, 0.05) is 53.2 Å². The molecule has 15 heteroatoms. The van der Waals surface area contributed by atoms with E-state index in [0.29, 0.717) is 53.2 Å². The van der Waals surface area contributed by atoms with Crippen LogP contribution in [0.25, 0.3) is 10.2 Å². The lowest BCUT2D eigenvalue weighted by Crippen LogP contribution is -2.49. The molecule has 2 aromatic heterocycles. The number of piperazine rings is 1. The SMILES string of the molecule is O=C(Cn1cc(COc2ccc3nc(NS(=O)[O-])sc3c2)nn1)N1CCN(c2cc(Cl)cc(Cl)c2)CC1. The zero-order chi connectivity index (χ0) is 25.9. The zero-order valence-corrected chi connectivity index (χ0v) is 22.3. The molecular weight excluding hydrogens is 561 g/mol. The first-order valence-corrected chi connectivity index (χ1v) is 13.7. The lowest BCUT2D eigenvalue weighted by Gasteiger charge is -2.36. The van der Waals surface area contributed by atoms with Gasteiger partial charge >= 0.3 is 0 Å². The van der Waals surface area contributed by atoms with Crippen molar-refractivity contribution in [3.8, 4) is 5.75 Å². The smallest absolute Gasteiger partial charge is 0.244 e. The first kappa shape index (κ1) is 25.7. The Balaban J connectivity index is 1.12. The molecule has 1 fully saturated rings. The predicted octanol–water partition coefficient (Wildman–Crippen LogP) is 3.33. The molecule has 1 N–H and O–H groups in total. The minimum absolute atomic E-state index is 0.0415. The number of hydrogen-bond donors (Lipinski definition) is 1. The van der Waals surface area contributed by atoms with E-state index in [9.17, 15) is 13.6 Å². The van der Waals surface area contributed by atoms with Gasteiger partial charge in [-0.3, -0.25) is 13.7 Å². The number of carbonyl (C=O) groups is 1. The molecule has 37 heavy (non-hydrogen) atoms. The van der Waals surface area contributed by atoms with Crippen molar-refractivity contribution in [3.05, 3.63) is 58.3 Å². The van der Waals surface area contributed by atoms with Gasteiger partial charge in [-0.1, -0.05) is 39.8 Å².